The van der Waals surface area contributed by atoms with Gasteiger partial charge in [-0.2, -0.15) is 0 Å². The van der Waals surface area contributed by atoms with Crippen LogP contribution in [0.1, 0.15) is 394 Å². The van der Waals surface area contributed by atoms with Gasteiger partial charge in [0.1, 0.15) is 19.3 Å². The van der Waals surface area contributed by atoms with Crippen LogP contribution in [-0.4, -0.2) is 96.7 Å². The van der Waals surface area contributed by atoms with Crippen molar-refractivity contribution >= 4 is 39.5 Å². The van der Waals surface area contributed by atoms with E-state index in [1.165, 1.54) is 212 Å². The maximum absolute atomic E-state index is 13.1. The van der Waals surface area contributed by atoms with E-state index in [2.05, 4.69) is 34.6 Å². The first-order valence-electron chi connectivity index (χ1n) is 39.1. The fourth-order valence-corrected chi connectivity index (χ4v) is 13.1. The summed E-state index contributed by atoms with van der Waals surface area (Å²) in [6, 6.07) is 0. The summed E-state index contributed by atoms with van der Waals surface area (Å²) in [4.78, 5) is 72.4. The highest BCUT2D eigenvalue weighted by Gasteiger charge is 2.30. The summed E-state index contributed by atoms with van der Waals surface area (Å²) in [5.74, 6) is -1.41. The van der Waals surface area contributed by atoms with Gasteiger partial charge in [0.15, 0.2) is 12.2 Å². The number of hydrogen-bond donors (Lipinski definition) is 3. The molecule has 19 heteroatoms. The zero-order chi connectivity index (χ0) is 69.1. The van der Waals surface area contributed by atoms with Gasteiger partial charge < -0.3 is 33.8 Å². The Labute approximate surface area is 575 Å². The molecule has 0 aromatic heterocycles. The first-order valence-corrected chi connectivity index (χ1v) is 42.1. The lowest BCUT2D eigenvalue weighted by Gasteiger charge is -2.21. The van der Waals surface area contributed by atoms with Crippen molar-refractivity contribution in [1.29, 1.82) is 0 Å². The van der Waals surface area contributed by atoms with E-state index in [-0.39, 0.29) is 25.7 Å². The molecule has 0 bridgehead atoms. The number of aliphatic hydroxyl groups excluding tert-OH is 1. The molecule has 0 saturated heterocycles. The third-order valence-electron chi connectivity index (χ3n) is 17.5. The van der Waals surface area contributed by atoms with E-state index in [1.54, 1.807) is 0 Å². The predicted octanol–water partition coefficient (Wildman–Crippen LogP) is 22.1. The minimum absolute atomic E-state index is 0.104. The molecule has 0 aliphatic carbocycles. The molecule has 0 aromatic rings. The van der Waals surface area contributed by atoms with Crippen molar-refractivity contribution in [3.05, 3.63) is 0 Å². The normalized spacial score (nSPS) is 14.0. The molecule has 0 aromatic carbocycles. The van der Waals surface area contributed by atoms with Gasteiger partial charge in [-0.15, -0.1) is 0 Å². The lowest BCUT2D eigenvalue weighted by molar-refractivity contribution is -0.161. The maximum atomic E-state index is 13.1. The molecule has 0 fully saturated rings. The monoisotopic (exact) mass is 1380 g/mol. The molecule has 558 valence electrons. The Morgan fingerprint density at radius 1 is 0.287 bits per heavy atom. The number of esters is 4. The summed E-state index contributed by atoms with van der Waals surface area (Å²) in [5.41, 5.74) is 0. The van der Waals surface area contributed by atoms with Crippen molar-refractivity contribution in [3.8, 4) is 0 Å². The molecule has 3 N–H and O–H groups in total. The smallest absolute Gasteiger partial charge is 0.462 e. The Balaban J connectivity index is 5.12. The van der Waals surface area contributed by atoms with Gasteiger partial charge in [0, 0.05) is 25.7 Å². The lowest BCUT2D eigenvalue weighted by atomic mass is 10.0. The SMILES string of the molecule is CCCCCCCCCCCCCCCCCCCCCC(=O)OC[C@H](COP(=O)(O)OC[C@@H](O)COP(=O)(O)OC[C@@H](COC(=O)CCCCCCC)OC(=O)CCCCCCCCCCC(C)C)OC(=O)CCCCCCCCCCCCCCCCCCCCC. The third kappa shape index (κ3) is 68.6. The molecule has 0 heterocycles. The fourth-order valence-electron chi connectivity index (χ4n) is 11.5. The van der Waals surface area contributed by atoms with Gasteiger partial charge in [0.05, 0.1) is 26.4 Å². The molecule has 0 aliphatic rings. The maximum Gasteiger partial charge on any atom is 0.472 e. The summed E-state index contributed by atoms with van der Waals surface area (Å²) < 4.78 is 68.2. The Hall–Kier alpha value is -1.94. The van der Waals surface area contributed by atoms with Crippen LogP contribution >= 0.6 is 15.6 Å². The van der Waals surface area contributed by atoms with Crippen LogP contribution in [-0.2, 0) is 65.4 Å². The largest absolute Gasteiger partial charge is 0.472 e. The van der Waals surface area contributed by atoms with Crippen molar-refractivity contribution < 1.29 is 80.2 Å². The van der Waals surface area contributed by atoms with Crippen LogP contribution in [0.15, 0.2) is 0 Å². The van der Waals surface area contributed by atoms with Crippen molar-refractivity contribution in [3.63, 3.8) is 0 Å². The number of aliphatic hydroxyl groups is 1. The Morgan fingerprint density at radius 3 is 0.723 bits per heavy atom. The number of unbranched alkanes of at least 4 members (excludes halogenated alkanes) is 47. The van der Waals surface area contributed by atoms with E-state index in [1.807, 2.05) is 0 Å². The van der Waals surface area contributed by atoms with Crippen LogP contribution < -0.4 is 0 Å². The van der Waals surface area contributed by atoms with E-state index in [0.717, 1.165) is 102 Å². The lowest BCUT2D eigenvalue weighted by Crippen LogP contribution is -2.30. The molecule has 94 heavy (non-hydrogen) atoms. The highest BCUT2D eigenvalue weighted by Crippen LogP contribution is 2.45. The van der Waals surface area contributed by atoms with E-state index < -0.39 is 97.5 Å². The molecule has 0 saturated carbocycles. The fraction of sp³-hybridized carbons (Fsp3) is 0.947. The molecule has 5 atom stereocenters. The zero-order valence-electron chi connectivity index (χ0n) is 61.1. The Kier molecular flexibility index (Phi) is 66.8. The average Bonchev–Trinajstić information content (AvgIpc) is 1.31. The molecule has 0 aliphatic heterocycles. The molecule has 0 rings (SSSR count). The van der Waals surface area contributed by atoms with Gasteiger partial charge in [-0.3, -0.25) is 37.3 Å². The Bertz CT molecular complexity index is 1810. The molecule has 17 nitrogen and oxygen atoms in total. The van der Waals surface area contributed by atoms with E-state index in [9.17, 15) is 43.2 Å². The summed E-state index contributed by atoms with van der Waals surface area (Å²) in [6.07, 6.45) is 57.5. The minimum atomic E-state index is -4.95. The van der Waals surface area contributed by atoms with Gasteiger partial charge in [-0.1, -0.05) is 343 Å². The van der Waals surface area contributed by atoms with Crippen molar-refractivity contribution in [1.82, 2.24) is 0 Å². The first kappa shape index (κ1) is 92.1. The van der Waals surface area contributed by atoms with Crippen LogP contribution in [0.2, 0.25) is 0 Å². The second kappa shape index (κ2) is 68.2. The summed E-state index contributed by atoms with van der Waals surface area (Å²) >= 11 is 0. The van der Waals surface area contributed by atoms with Crippen molar-refractivity contribution in [2.24, 2.45) is 5.92 Å². The third-order valence-corrected chi connectivity index (χ3v) is 19.4. The summed E-state index contributed by atoms with van der Waals surface area (Å²) in [6.45, 7) is 7.15. The van der Waals surface area contributed by atoms with Gasteiger partial charge in [-0.25, -0.2) is 9.13 Å². The van der Waals surface area contributed by atoms with Crippen LogP contribution in [0.3, 0.4) is 0 Å². The number of carbonyl (C=O) groups is 4. The molecule has 0 amide bonds. The number of ether oxygens (including phenoxy) is 4. The second-order valence-electron chi connectivity index (χ2n) is 27.5. The predicted molar refractivity (Wildman–Crippen MR) is 382 cm³/mol. The van der Waals surface area contributed by atoms with E-state index in [4.69, 9.17) is 37.0 Å². The molecule has 0 radical (unpaired) electrons. The van der Waals surface area contributed by atoms with E-state index >= 15 is 0 Å². The number of phosphoric ester groups is 2. The topological polar surface area (TPSA) is 237 Å². The molecular formula is C75H146O17P2. The van der Waals surface area contributed by atoms with Crippen molar-refractivity contribution in [2.45, 2.75) is 412 Å². The highest BCUT2D eigenvalue weighted by molar-refractivity contribution is 7.47. The zero-order valence-corrected chi connectivity index (χ0v) is 62.9. The average molecular weight is 1380 g/mol. The summed E-state index contributed by atoms with van der Waals surface area (Å²) in [7, 11) is -9.90. The van der Waals surface area contributed by atoms with Crippen LogP contribution in [0.25, 0.3) is 0 Å². The first-order chi connectivity index (χ1) is 45.5. The van der Waals surface area contributed by atoms with Gasteiger partial charge in [0.25, 0.3) is 0 Å². The van der Waals surface area contributed by atoms with Crippen molar-refractivity contribution in [2.75, 3.05) is 39.6 Å². The standard InChI is InChI=1S/C75H146O17P2/c1-6-9-12-15-17-19-21-23-25-27-29-31-33-35-37-39-44-49-54-59-73(78)86-65-71(92-74(79)60-55-50-45-40-38-36-34-32-30-28-26-24-22-20-18-16-13-10-7-2)67-90-94(83,84)88-63-69(76)62-87-93(81,82)89-66-70(64-85-72(77)58-53-47-14-11-8-3)91-75(80)61-56-51-46-42-41-43-48-52-57-68(4)5/h68-71,76H,6-67H2,1-5H3,(H,81,82)(H,83,84)/t69-,70+,71+/m0/s1. The molecule has 0 spiro atoms. The number of phosphoric acid groups is 2. The van der Waals surface area contributed by atoms with E-state index in [0.29, 0.717) is 25.7 Å². The second-order valence-corrected chi connectivity index (χ2v) is 30.4. The van der Waals surface area contributed by atoms with Crippen LogP contribution in [0.5, 0.6) is 0 Å². The van der Waals surface area contributed by atoms with Gasteiger partial charge in [0.2, 0.25) is 0 Å². The Morgan fingerprint density at radius 2 is 0.489 bits per heavy atom. The number of carbonyl (C=O) groups excluding carboxylic acids is 4. The van der Waals surface area contributed by atoms with Crippen LogP contribution in [0.4, 0.5) is 0 Å². The van der Waals surface area contributed by atoms with Gasteiger partial charge >= 0.3 is 39.5 Å². The number of hydrogen-bond acceptors (Lipinski definition) is 15. The number of rotatable bonds is 75. The molecular weight excluding hydrogens is 1230 g/mol. The van der Waals surface area contributed by atoms with Crippen LogP contribution in [0, 0.1) is 5.92 Å². The summed E-state index contributed by atoms with van der Waals surface area (Å²) in [5, 5.41) is 10.6. The highest BCUT2D eigenvalue weighted by atomic mass is 31.2. The quantitative estimate of drug-likeness (QED) is 0.0222. The minimum Gasteiger partial charge on any atom is -0.462 e. The van der Waals surface area contributed by atoms with Gasteiger partial charge in [-0.05, 0) is 31.6 Å². The molecule has 2 unspecified atom stereocenters.